The Kier molecular flexibility index (Phi) is 4.75. The van der Waals surface area contributed by atoms with E-state index in [0.29, 0.717) is 10.4 Å². The molecule has 0 saturated heterocycles. The van der Waals surface area contributed by atoms with Crippen LogP contribution in [0.2, 0.25) is 0 Å². The molecule has 1 unspecified atom stereocenters. The van der Waals surface area contributed by atoms with Gasteiger partial charge in [-0.3, -0.25) is 0 Å². The number of nitrogens with one attached hydrogen (secondary N) is 1. The molecule has 1 aliphatic carbocycles. The summed E-state index contributed by atoms with van der Waals surface area (Å²) >= 11 is 6.71. The van der Waals surface area contributed by atoms with Crippen molar-refractivity contribution in [3.05, 3.63) is 26.6 Å². The van der Waals surface area contributed by atoms with Gasteiger partial charge in [-0.15, -0.1) is 0 Å². The van der Waals surface area contributed by atoms with E-state index in [1.54, 1.807) is 6.07 Å². The highest BCUT2D eigenvalue weighted by molar-refractivity contribution is 9.11. The summed E-state index contributed by atoms with van der Waals surface area (Å²) in [7, 11) is -3.47. The molecule has 1 aromatic carbocycles. The molecule has 19 heavy (non-hydrogen) atoms. The average Bonchev–Trinajstić information content (AvgIpc) is 3.05. The number of hydrogen-bond donors (Lipinski definition) is 1. The largest absolute Gasteiger partial charge is 0.241 e. The van der Waals surface area contributed by atoms with Gasteiger partial charge in [-0.05, 0) is 59.8 Å². The Morgan fingerprint density at radius 1 is 1.32 bits per heavy atom. The van der Waals surface area contributed by atoms with Crippen molar-refractivity contribution in [1.82, 2.24) is 4.72 Å². The second-order valence-corrected chi connectivity index (χ2v) is 8.62. The topological polar surface area (TPSA) is 46.2 Å². The minimum absolute atomic E-state index is 0.0236. The lowest BCUT2D eigenvalue weighted by Gasteiger charge is -2.15. The Labute approximate surface area is 131 Å². The standard InChI is InChI=1S/C13H17Br2NO2S/c1-8-5-12(15)13(7-11(8)14)19(17,18)16-9(2)6-10-3-4-10/h5,7,9-10,16H,3-4,6H2,1-2H3. The predicted octanol–water partition coefficient (Wildman–Crippen LogP) is 3.99. The van der Waals surface area contributed by atoms with Gasteiger partial charge in [0.1, 0.15) is 0 Å². The molecule has 106 valence electrons. The Bertz CT molecular complexity index is 583. The van der Waals surface area contributed by atoms with E-state index in [-0.39, 0.29) is 10.9 Å². The molecule has 0 aromatic heterocycles. The summed E-state index contributed by atoms with van der Waals surface area (Å²) in [6, 6.07) is 3.43. The maximum absolute atomic E-state index is 12.4. The zero-order chi connectivity index (χ0) is 14.2. The number of aryl methyl sites for hydroxylation is 1. The van der Waals surface area contributed by atoms with Crippen molar-refractivity contribution in [3.63, 3.8) is 0 Å². The SMILES string of the molecule is Cc1cc(Br)c(S(=O)(=O)NC(C)CC2CC2)cc1Br. The van der Waals surface area contributed by atoms with E-state index in [2.05, 4.69) is 36.6 Å². The second-order valence-electron chi connectivity index (χ2n) is 5.23. The first-order chi connectivity index (χ1) is 8.79. The molecule has 0 bridgehead atoms. The molecule has 1 fully saturated rings. The molecule has 3 nitrogen and oxygen atoms in total. The van der Waals surface area contributed by atoms with E-state index < -0.39 is 10.0 Å². The fraction of sp³-hybridized carbons (Fsp3) is 0.538. The molecule has 6 heteroatoms. The van der Waals surface area contributed by atoms with Crippen LogP contribution in [0.25, 0.3) is 0 Å². The van der Waals surface area contributed by atoms with Crippen LogP contribution in [0.15, 0.2) is 26.0 Å². The molecular weight excluding hydrogens is 394 g/mol. The van der Waals surface area contributed by atoms with Gasteiger partial charge in [-0.25, -0.2) is 13.1 Å². The summed E-state index contributed by atoms with van der Waals surface area (Å²) in [5.41, 5.74) is 0.997. The fourth-order valence-electron chi connectivity index (χ4n) is 2.06. The van der Waals surface area contributed by atoms with Crippen LogP contribution >= 0.6 is 31.9 Å². The minimum atomic E-state index is -3.47. The minimum Gasteiger partial charge on any atom is -0.208 e. The van der Waals surface area contributed by atoms with Crippen molar-refractivity contribution >= 4 is 41.9 Å². The van der Waals surface area contributed by atoms with E-state index in [1.807, 2.05) is 19.9 Å². The van der Waals surface area contributed by atoms with Crippen LogP contribution in [0.3, 0.4) is 0 Å². The van der Waals surface area contributed by atoms with Gasteiger partial charge in [0.2, 0.25) is 10.0 Å². The molecule has 2 rings (SSSR count). The number of benzene rings is 1. The molecule has 0 heterocycles. The molecule has 1 N–H and O–H groups in total. The zero-order valence-corrected chi connectivity index (χ0v) is 14.9. The van der Waals surface area contributed by atoms with Gasteiger partial charge in [0, 0.05) is 15.0 Å². The monoisotopic (exact) mass is 409 g/mol. The smallest absolute Gasteiger partial charge is 0.208 e. The fourth-order valence-corrected chi connectivity index (χ4v) is 5.00. The van der Waals surface area contributed by atoms with Crippen molar-refractivity contribution < 1.29 is 8.42 Å². The highest BCUT2D eigenvalue weighted by atomic mass is 79.9. The summed E-state index contributed by atoms with van der Waals surface area (Å²) in [4.78, 5) is 0.285. The van der Waals surface area contributed by atoms with Crippen molar-refractivity contribution in [2.24, 2.45) is 5.92 Å². The highest BCUT2D eigenvalue weighted by Crippen LogP contribution is 2.34. The van der Waals surface area contributed by atoms with E-state index in [1.165, 1.54) is 12.8 Å². The Morgan fingerprint density at radius 2 is 1.95 bits per heavy atom. The highest BCUT2D eigenvalue weighted by Gasteiger charge is 2.27. The van der Waals surface area contributed by atoms with Gasteiger partial charge in [0.25, 0.3) is 0 Å². The first-order valence-corrected chi connectivity index (χ1v) is 9.34. The maximum atomic E-state index is 12.4. The van der Waals surface area contributed by atoms with Gasteiger partial charge in [-0.1, -0.05) is 28.8 Å². The van der Waals surface area contributed by atoms with Crippen LogP contribution in [-0.2, 0) is 10.0 Å². The van der Waals surface area contributed by atoms with Crippen LogP contribution in [0, 0.1) is 12.8 Å². The first-order valence-electron chi connectivity index (χ1n) is 6.27. The molecule has 1 aromatic rings. The molecule has 0 spiro atoms. The van der Waals surface area contributed by atoms with Gasteiger partial charge < -0.3 is 0 Å². The van der Waals surface area contributed by atoms with Gasteiger partial charge in [-0.2, -0.15) is 0 Å². The lowest BCUT2D eigenvalue weighted by Crippen LogP contribution is -2.33. The summed E-state index contributed by atoms with van der Waals surface area (Å²) in [5, 5.41) is 0. The summed E-state index contributed by atoms with van der Waals surface area (Å²) < 4.78 is 28.9. The number of rotatable bonds is 5. The first kappa shape index (κ1) is 15.5. The summed E-state index contributed by atoms with van der Waals surface area (Å²) in [6.45, 7) is 3.85. The normalized spacial score (nSPS) is 17.5. The molecule has 1 saturated carbocycles. The van der Waals surface area contributed by atoms with Crippen molar-refractivity contribution in [3.8, 4) is 0 Å². The predicted molar refractivity (Wildman–Crippen MR) is 83.7 cm³/mol. The van der Waals surface area contributed by atoms with Gasteiger partial charge in [0.05, 0.1) is 4.90 Å². The Hall–Kier alpha value is 0.0900. The van der Waals surface area contributed by atoms with Crippen molar-refractivity contribution in [2.75, 3.05) is 0 Å². The van der Waals surface area contributed by atoms with Crippen molar-refractivity contribution in [1.29, 1.82) is 0 Å². The van der Waals surface area contributed by atoms with Crippen LogP contribution in [-0.4, -0.2) is 14.5 Å². The van der Waals surface area contributed by atoms with E-state index in [9.17, 15) is 8.42 Å². The third-order valence-corrected chi connectivity index (χ3v) is 6.65. The van der Waals surface area contributed by atoms with Crippen LogP contribution in [0.1, 0.15) is 31.7 Å². The molecule has 1 atom stereocenters. The maximum Gasteiger partial charge on any atom is 0.241 e. The van der Waals surface area contributed by atoms with Crippen molar-refractivity contribution in [2.45, 2.75) is 44.0 Å². The third kappa shape index (κ3) is 4.03. The summed E-state index contributed by atoms with van der Waals surface area (Å²) in [5.74, 6) is 0.700. The van der Waals surface area contributed by atoms with Crippen LogP contribution in [0.4, 0.5) is 0 Å². The molecule has 0 amide bonds. The van der Waals surface area contributed by atoms with Gasteiger partial charge >= 0.3 is 0 Å². The third-order valence-electron chi connectivity index (χ3n) is 3.24. The van der Waals surface area contributed by atoms with E-state index in [4.69, 9.17) is 0 Å². The number of hydrogen-bond acceptors (Lipinski definition) is 2. The molecule has 0 radical (unpaired) electrons. The lowest BCUT2D eigenvalue weighted by molar-refractivity contribution is 0.529. The molecule has 1 aliphatic rings. The lowest BCUT2D eigenvalue weighted by atomic mass is 10.2. The second kappa shape index (κ2) is 5.84. The molecular formula is C13H17Br2NO2S. The Balaban J connectivity index is 2.20. The number of sulfonamides is 1. The van der Waals surface area contributed by atoms with E-state index >= 15 is 0 Å². The summed E-state index contributed by atoms with van der Waals surface area (Å²) in [6.07, 6.45) is 3.38. The Morgan fingerprint density at radius 3 is 2.53 bits per heavy atom. The van der Waals surface area contributed by atoms with Crippen LogP contribution in [0.5, 0.6) is 0 Å². The van der Waals surface area contributed by atoms with Gasteiger partial charge in [0.15, 0.2) is 0 Å². The van der Waals surface area contributed by atoms with E-state index in [0.717, 1.165) is 16.5 Å². The average molecular weight is 411 g/mol. The van der Waals surface area contributed by atoms with Crippen LogP contribution < -0.4 is 4.72 Å². The molecule has 0 aliphatic heterocycles. The zero-order valence-electron chi connectivity index (χ0n) is 10.9. The quantitative estimate of drug-likeness (QED) is 0.797. The number of halogens is 2.